The molecule has 0 aliphatic heterocycles. The summed E-state index contributed by atoms with van der Waals surface area (Å²) in [4.78, 5) is 22.9. The largest absolute Gasteiger partial charge is 0.493 e. The number of carbonyl (C=O) groups is 1. The Bertz CT molecular complexity index is 1460. The van der Waals surface area contributed by atoms with E-state index in [1.54, 1.807) is 24.3 Å². The molecule has 0 radical (unpaired) electrons. The number of carboxylic acids is 1. The van der Waals surface area contributed by atoms with Crippen LogP contribution in [0.25, 0.3) is 17.5 Å². The summed E-state index contributed by atoms with van der Waals surface area (Å²) in [5, 5.41) is 29.8. The van der Waals surface area contributed by atoms with Gasteiger partial charge < -0.3 is 19.0 Å². The lowest BCUT2D eigenvalue weighted by Gasteiger charge is -2.12. The molecular formula is C25H18ClN3O7S. The van der Waals surface area contributed by atoms with Gasteiger partial charge in [0.25, 0.3) is 10.9 Å². The Morgan fingerprint density at radius 1 is 1.14 bits per heavy atom. The van der Waals surface area contributed by atoms with Crippen LogP contribution in [0.1, 0.15) is 11.1 Å². The van der Waals surface area contributed by atoms with Crippen molar-refractivity contribution < 1.29 is 28.7 Å². The molecule has 4 aromatic rings. The minimum Gasteiger partial charge on any atom is -0.493 e. The highest BCUT2D eigenvalue weighted by Crippen LogP contribution is 2.38. The molecule has 12 heteroatoms. The number of nitro groups is 1. The molecule has 0 saturated carbocycles. The number of benzene rings is 3. The molecule has 0 bridgehead atoms. The fourth-order valence-electron chi connectivity index (χ4n) is 3.18. The van der Waals surface area contributed by atoms with Crippen LogP contribution in [0.2, 0.25) is 5.02 Å². The fraction of sp³-hybridized carbons (Fsp3) is 0.0800. The molecule has 37 heavy (non-hydrogen) atoms. The van der Waals surface area contributed by atoms with Crippen LogP contribution in [0.4, 0.5) is 5.69 Å². The third-order valence-corrected chi connectivity index (χ3v) is 6.04. The Labute approximate surface area is 219 Å². The fourth-order valence-corrected chi connectivity index (χ4v) is 3.97. The first-order chi connectivity index (χ1) is 17.8. The standard InChI is InChI=1S/C25H18ClN3O7S/c1-34-20-11-17(19(29(32)33)13-21(20)35-14-15-5-3-2-4-6-15)12-22(24(30)31)37-25-28-27-23(36-25)16-7-9-18(26)10-8-16/h2-13H,14H2,1H3,(H,30,31)/b22-12-. The average Bonchev–Trinajstić information content (AvgIpc) is 3.36. The summed E-state index contributed by atoms with van der Waals surface area (Å²) in [6, 6.07) is 18.4. The van der Waals surface area contributed by atoms with E-state index in [4.69, 9.17) is 25.5 Å². The van der Waals surface area contributed by atoms with Gasteiger partial charge in [-0.2, -0.15) is 0 Å². The molecule has 1 aromatic heterocycles. The summed E-state index contributed by atoms with van der Waals surface area (Å²) in [5.41, 5.74) is 1.08. The number of halogens is 1. The monoisotopic (exact) mass is 539 g/mol. The highest BCUT2D eigenvalue weighted by atomic mass is 35.5. The summed E-state index contributed by atoms with van der Waals surface area (Å²) in [5.74, 6) is -0.833. The zero-order valence-electron chi connectivity index (χ0n) is 19.2. The Balaban J connectivity index is 1.63. The van der Waals surface area contributed by atoms with Crippen LogP contribution in [0, 0.1) is 10.1 Å². The second-order valence-corrected chi connectivity index (χ2v) is 8.82. The van der Waals surface area contributed by atoms with Crippen LogP contribution in [0.3, 0.4) is 0 Å². The molecule has 10 nitrogen and oxygen atoms in total. The van der Waals surface area contributed by atoms with Crippen molar-refractivity contribution in [3.05, 3.63) is 97.9 Å². The third kappa shape index (κ3) is 6.46. The van der Waals surface area contributed by atoms with E-state index in [-0.39, 0.29) is 45.4 Å². The minimum absolute atomic E-state index is 0.00347. The van der Waals surface area contributed by atoms with E-state index in [9.17, 15) is 20.0 Å². The van der Waals surface area contributed by atoms with Gasteiger partial charge in [0, 0.05) is 10.6 Å². The zero-order valence-corrected chi connectivity index (χ0v) is 20.7. The second kappa shape index (κ2) is 11.6. The van der Waals surface area contributed by atoms with Gasteiger partial charge in [-0.1, -0.05) is 41.9 Å². The summed E-state index contributed by atoms with van der Waals surface area (Å²) >= 11 is 6.55. The number of ether oxygens (including phenoxy) is 2. The first kappa shape index (κ1) is 25.7. The topological polar surface area (TPSA) is 138 Å². The number of aliphatic carboxylic acids is 1. The van der Waals surface area contributed by atoms with Crippen molar-refractivity contribution in [3.63, 3.8) is 0 Å². The van der Waals surface area contributed by atoms with E-state index in [1.807, 2.05) is 30.3 Å². The Hall–Kier alpha value is -4.35. The van der Waals surface area contributed by atoms with Gasteiger partial charge >= 0.3 is 5.97 Å². The molecule has 0 aliphatic carbocycles. The van der Waals surface area contributed by atoms with Gasteiger partial charge in [0.15, 0.2) is 11.5 Å². The average molecular weight is 540 g/mol. The molecule has 0 saturated heterocycles. The van der Waals surface area contributed by atoms with Crippen LogP contribution < -0.4 is 9.47 Å². The molecule has 0 unspecified atom stereocenters. The van der Waals surface area contributed by atoms with Crippen LogP contribution in [0.5, 0.6) is 11.5 Å². The molecule has 188 valence electrons. The predicted octanol–water partition coefficient (Wildman–Crippen LogP) is 6.10. The van der Waals surface area contributed by atoms with Crippen LogP contribution in [-0.4, -0.2) is 33.3 Å². The van der Waals surface area contributed by atoms with Gasteiger partial charge in [-0.05, 0) is 53.7 Å². The number of thioether (sulfide) groups is 1. The molecule has 4 rings (SSSR count). The lowest BCUT2D eigenvalue weighted by atomic mass is 10.1. The number of nitro benzene ring substituents is 1. The Morgan fingerprint density at radius 3 is 2.51 bits per heavy atom. The number of aromatic nitrogens is 2. The van der Waals surface area contributed by atoms with Gasteiger partial charge in [0.1, 0.15) is 11.5 Å². The molecule has 0 spiro atoms. The van der Waals surface area contributed by atoms with E-state index in [2.05, 4.69) is 10.2 Å². The number of carboxylic acid groups (broad SMARTS) is 1. The SMILES string of the molecule is COc1cc(/C=C(\Sc2nnc(-c3ccc(Cl)cc3)o2)C(=O)O)c([N+](=O)[O-])cc1OCc1ccccc1. The van der Waals surface area contributed by atoms with Crippen molar-refractivity contribution in [2.45, 2.75) is 11.8 Å². The van der Waals surface area contributed by atoms with Gasteiger partial charge in [-0.15, -0.1) is 10.2 Å². The smallest absolute Gasteiger partial charge is 0.342 e. The number of hydrogen-bond acceptors (Lipinski definition) is 9. The maximum atomic E-state index is 12.0. The summed E-state index contributed by atoms with van der Waals surface area (Å²) in [7, 11) is 1.38. The molecule has 0 atom stereocenters. The first-order valence-corrected chi connectivity index (χ1v) is 11.8. The second-order valence-electron chi connectivity index (χ2n) is 7.39. The van der Waals surface area contributed by atoms with Gasteiger partial charge in [-0.25, -0.2) is 4.79 Å². The maximum Gasteiger partial charge on any atom is 0.342 e. The van der Waals surface area contributed by atoms with E-state index in [0.29, 0.717) is 22.3 Å². The van der Waals surface area contributed by atoms with Crippen LogP contribution in [-0.2, 0) is 11.4 Å². The molecule has 0 aliphatic rings. The lowest BCUT2D eigenvalue weighted by Crippen LogP contribution is -2.02. The lowest BCUT2D eigenvalue weighted by molar-refractivity contribution is -0.385. The highest BCUT2D eigenvalue weighted by Gasteiger charge is 2.22. The van der Waals surface area contributed by atoms with Crippen molar-refractivity contribution in [1.29, 1.82) is 0 Å². The van der Waals surface area contributed by atoms with Crippen molar-refractivity contribution in [2.75, 3.05) is 7.11 Å². The van der Waals surface area contributed by atoms with E-state index < -0.39 is 10.9 Å². The summed E-state index contributed by atoms with van der Waals surface area (Å²) in [6.45, 7) is 0.160. The van der Waals surface area contributed by atoms with Crippen LogP contribution in [0.15, 0.2) is 81.3 Å². The van der Waals surface area contributed by atoms with Gasteiger partial charge in [0.2, 0.25) is 5.89 Å². The highest BCUT2D eigenvalue weighted by molar-refractivity contribution is 8.03. The quantitative estimate of drug-likeness (QED) is 0.109. The van der Waals surface area contributed by atoms with Crippen molar-refractivity contribution in [2.24, 2.45) is 0 Å². The Morgan fingerprint density at radius 2 is 1.86 bits per heavy atom. The first-order valence-electron chi connectivity index (χ1n) is 10.6. The van der Waals surface area contributed by atoms with E-state index in [1.165, 1.54) is 19.2 Å². The third-order valence-electron chi connectivity index (χ3n) is 4.94. The Kier molecular flexibility index (Phi) is 8.06. The number of methoxy groups -OCH3 is 1. The van der Waals surface area contributed by atoms with Gasteiger partial charge in [-0.3, -0.25) is 10.1 Å². The minimum atomic E-state index is -1.34. The summed E-state index contributed by atoms with van der Waals surface area (Å²) in [6.07, 6.45) is 1.14. The molecule has 3 aromatic carbocycles. The van der Waals surface area contributed by atoms with Crippen molar-refractivity contribution in [1.82, 2.24) is 10.2 Å². The van der Waals surface area contributed by atoms with E-state index in [0.717, 1.165) is 11.6 Å². The summed E-state index contributed by atoms with van der Waals surface area (Å²) < 4.78 is 16.7. The molecule has 0 amide bonds. The number of nitrogens with zero attached hydrogens (tertiary/aromatic N) is 3. The molecule has 1 N–H and O–H groups in total. The zero-order chi connectivity index (χ0) is 26.4. The van der Waals surface area contributed by atoms with Crippen molar-refractivity contribution in [3.8, 4) is 23.0 Å². The molecule has 0 fully saturated rings. The predicted molar refractivity (Wildman–Crippen MR) is 137 cm³/mol. The van der Waals surface area contributed by atoms with Gasteiger partial charge in [0.05, 0.1) is 23.7 Å². The number of hydrogen-bond donors (Lipinski definition) is 1. The molecule has 1 heterocycles. The molecular weight excluding hydrogens is 522 g/mol. The maximum absolute atomic E-state index is 12.0. The number of rotatable bonds is 10. The van der Waals surface area contributed by atoms with E-state index >= 15 is 0 Å². The normalized spacial score (nSPS) is 11.2. The van der Waals surface area contributed by atoms with Crippen molar-refractivity contribution >= 4 is 41.1 Å². The van der Waals surface area contributed by atoms with Crippen LogP contribution >= 0.6 is 23.4 Å².